The molecule has 0 bridgehead atoms. The minimum atomic E-state index is -0.427. The Kier molecular flexibility index (Phi) is 4.22. The zero-order valence-electron chi connectivity index (χ0n) is 14.1. The molecule has 2 N–H and O–H groups in total. The summed E-state index contributed by atoms with van der Waals surface area (Å²) in [6.45, 7) is 3.50. The largest absolute Gasteiger partial charge is 0.508 e. The fourth-order valence-corrected chi connectivity index (χ4v) is 3.39. The molecule has 1 aliphatic rings. The summed E-state index contributed by atoms with van der Waals surface area (Å²) in [5.74, 6) is 0.338. The van der Waals surface area contributed by atoms with Gasteiger partial charge < -0.3 is 23.7 Å². The molecular formula is C19H19N2O5+. The van der Waals surface area contributed by atoms with Crippen LogP contribution in [0.2, 0.25) is 0 Å². The molecule has 0 radical (unpaired) electrons. The molecule has 1 aliphatic heterocycles. The van der Waals surface area contributed by atoms with Crippen LogP contribution in [0.5, 0.6) is 5.75 Å². The highest BCUT2D eigenvalue weighted by Gasteiger charge is 2.26. The van der Waals surface area contributed by atoms with Crippen LogP contribution < -0.4 is 10.5 Å². The lowest BCUT2D eigenvalue weighted by Gasteiger charge is -2.31. The number of nitrogens with zero attached hydrogens (tertiary/aromatic N) is 1. The van der Waals surface area contributed by atoms with E-state index >= 15 is 0 Å². The van der Waals surface area contributed by atoms with Crippen molar-refractivity contribution in [1.29, 1.82) is 0 Å². The normalized spacial score (nSPS) is 15.5. The van der Waals surface area contributed by atoms with Gasteiger partial charge in [0, 0.05) is 23.1 Å². The van der Waals surface area contributed by atoms with Crippen molar-refractivity contribution in [3.63, 3.8) is 0 Å². The van der Waals surface area contributed by atoms with E-state index in [-0.39, 0.29) is 11.7 Å². The van der Waals surface area contributed by atoms with Crippen LogP contribution in [0.4, 0.5) is 0 Å². The van der Waals surface area contributed by atoms with Gasteiger partial charge in [0.15, 0.2) is 5.76 Å². The molecule has 1 aromatic carbocycles. The number of piperazine rings is 1. The minimum absolute atomic E-state index is 0.0650. The summed E-state index contributed by atoms with van der Waals surface area (Å²) in [4.78, 5) is 27.2. The van der Waals surface area contributed by atoms with Gasteiger partial charge in [0.25, 0.3) is 5.91 Å². The number of rotatable bonds is 3. The van der Waals surface area contributed by atoms with Crippen molar-refractivity contribution >= 4 is 16.9 Å². The molecule has 4 rings (SSSR count). The second-order valence-corrected chi connectivity index (χ2v) is 6.47. The number of quaternary nitrogens is 1. The molecule has 3 heterocycles. The van der Waals surface area contributed by atoms with Crippen molar-refractivity contribution in [3.05, 3.63) is 64.4 Å². The molecule has 0 saturated carbocycles. The van der Waals surface area contributed by atoms with E-state index in [0.717, 1.165) is 24.0 Å². The van der Waals surface area contributed by atoms with E-state index in [4.69, 9.17) is 8.83 Å². The second kappa shape index (κ2) is 6.68. The van der Waals surface area contributed by atoms with Crippen LogP contribution in [0.15, 0.2) is 56.3 Å². The van der Waals surface area contributed by atoms with Gasteiger partial charge in [-0.25, -0.2) is 4.79 Å². The number of amides is 1. The van der Waals surface area contributed by atoms with Crippen molar-refractivity contribution in [3.8, 4) is 5.75 Å². The Bertz CT molecular complexity index is 985. The molecule has 0 aliphatic carbocycles. The van der Waals surface area contributed by atoms with Crippen molar-refractivity contribution in [2.24, 2.45) is 0 Å². The topological polar surface area (TPSA) is 88.3 Å². The molecule has 2 aromatic heterocycles. The molecule has 7 nitrogen and oxygen atoms in total. The molecule has 1 saturated heterocycles. The molecule has 7 heteroatoms. The quantitative estimate of drug-likeness (QED) is 0.673. The lowest BCUT2D eigenvalue weighted by Crippen LogP contribution is -3.13. The zero-order valence-corrected chi connectivity index (χ0v) is 14.1. The van der Waals surface area contributed by atoms with E-state index in [1.54, 1.807) is 29.2 Å². The number of aromatic hydroxyl groups is 1. The number of phenolic OH excluding ortho intramolecular Hbond substituents is 1. The number of benzene rings is 1. The Balaban J connectivity index is 1.47. The summed E-state index contributed by atoms with van der Waals surface area (Å²) in [5, 5.41) is 10.4. The summed E-state index contributed by atoms with van der Waals surface area (Å²) in [7, 11) is 0. The number of fused-ring (bicyclic) bond motifs is 1. The average molecular weight is 355 g/mol. The number of carbonyl (C=O) groups is 1. The average Bonchev–Trinajstić information content (AvgIpc) is 3.16. The molecule has 3 aromatic rings. The third kappa shape index (κ3) is 3.21. The first-order valence-electron chi connectivity index (χ1n) is 8.52. The summed E-state index contributed by atoms with van der Waals surface area (Å²) in [5.41, 5.74) is 0.847. The highest BCUT2D eigenvalue weighted by molar-refractivity contribution is 5.91. The predicted octanol–water partition coefficient (Wildman–Crippen LogP) is 0.632. The molecule has 134 valence electrons. The van der Waals surface area contributed by atoms with Crippen molar-refractivity contribution in [2.75, 3.05) is 26.2 Å². The second-order valence-electron chi connectivity index (χ2n) is 6.47. The highest BCUT2D eigenvalue weighted by atomic mass is 16.4. The Morgan fingerprint density at radius 3 is 2.73 bits per heavy atom. The van der Waals surface area contributed by atoms with Gasteiger partial charge in [-0.2, -0.15) is 0 Å². The van der Waals surface area contributed by atoms with Crippen LogP contribution >= 0.6 is 0 Å². The summed E-state index contributed by atoms with van der Waals surface area (Å²) >= 11 is 0. The predicted molar refractivity (Wildman–Crippen MR) is 93.2 cm³/mol. The Morgan fingerprint density at radius 2 is 2.00 bits per heavy atom. The first-order chi connectivity index (χ1) is 12.6. The first kappa shape index (κ1) is 16.4. The van der Waals surface area contributed by atoms with Gasteiger partial charge in [0.05, 0.1) is 32.4 Å². The molecule has 1 amide bonds. The standard InChI is InChI=1S/C19H18N2O5/c22-14-3-4-15-13(10-18(23)26-17(15)11-14)12-20-5-7-21(8-6-20)19(24)16-2-1-9-25-16/h1-4,9-11,22H,5-8,12H2/p+1. The Hall–Kier alpha value is -3.06. The highest BCUT2D eigenvalue weighted by Crippen LogP contribution is 2.21. The molecule has 26 heavy (non-hydrogen) atoms. The summed E-state index contributed by atoms with van der Waals surface area (Å²) < 4.78 is 10.4. The van der Waals surface area contributed by atoms with Gasteiger partial charge in [0.1, 0.15) is 17.9 Å². The lowest BCUT2D eigenvalue weighted by molar-refractivity contribution is -0.917. The maximum Gasteiger partial charge on any atom is 0.336 e. The number of furan rings is 1. The number of nitrogens with one attached hydrogen (secondary N) is 1. The van der Waals surface area contributed by atoms with E-state index < -0.39 is 5.63 Å². The summed E-state index contributed by atoms with van der Waals surface area (Å²) in [6, 6.07) is 9.69. The minimum Gasteiger partial charge on any atom is -0.508 e. The van der Waals surface area contributed by atoms with Crippen molar-refractivity contribution in [1.82, 2.24) is 4.90 Å². The van der Waals surface area contributed by atoms with Gasteiger partial charge in [-0.3, -0.25) is 4.79 Å². The fraction of sp³-hybridized carbons (Fsp3) is 0.263. The number of carbonyl (C=O) groups excluding carboxylic acids is 1. The molecular weight excluding hydrogens is 336 g/mol. The van der Waals surface area contributed by atoms with Gasteiger partial charge in [-0.15, -0.1) is 0 Å². The maximum atomic E-state index is 12.3. The van der Waals surface area contributed by atoms with Crippen molar-refractivity contribution < 1.29 is 23.6 Å². The van der Waals surface area contributed by atoms with Crippen LogP contribution in [-0.4, -0.2) is 42.1 Å². The third-order valence-electron chi connectivity index (χ3n) is 4.74. The van der Waals surface area contributed by atoms with Crippen LogP contribution in [0.25, 0.3) is 11.0 Å². The van der Waals surface area contributed by atoms with E-state index in [2.05, 4.69) is 0 Å². The Morgan fingerprint density at radius 1 is 1.19 bits per heavy atom. The molecule has 0 atom stereocenters. The monoisotopic (exact) mass is 355 g/mol. The number of phenols is 1. The molecule has 1 fully saturated rings. The van der Waals surface area contributed by atoms with Crippen LogP contribution in [-0.2, 0) is 6.54 Å². The van der Waals surface area contributed by atoms with Gasteiger partial charge in [-0.05, 0) is 24.3 Å². The maximum absolute atomic E-state index is 12.3. The van der Waals surface area contributed by atoms with Crippen LogP contribution in [0.3, 0.4) is 0 Å². The van der Waals surface area contributed by atoms with Crippen molar-refractivity contribution in [2.45, 2.75) is 6.54 Å². The van der Waals surface area contributed by atoms with E-state index in [1.807, 2.05) is 0 Å². The van der Waals surface area contributed by atoms with Crippen LogP contribution in [0.1, 0.15) is 16.1 Å². The number of hydrogen-bond acceptors (Lipinski definition) is 5. The first-order valence-corrected chi connectivity index (χ1v) is 8.52. The lowest BCUT2D eigenvalue weighted by atomic mass is 10.1. The smallest absolute Gasteiger partial charge is 0.336 e. The molecule has 0 unspecified atom stereocenters. The molecule has 0 spiro atoms. The van der Waals surface area contributed by atoms with Gasteiger partial charge in [-0.1, -0.05) is 0 Å². The van der Waals surface area contributed by atoms with E-state index in [9.17, 15) is 14.7 Å². The summed E-state index contributed by atoms with van der Waals surface area (Å²) in [6.07, 6.45) is 1.50. The SMILES string of the molecule is O=C(c1ccco1)N1CC[NH+](Cc2cc(=O)oc3cc(O)ccc23)CC1. The van der Waals surface area contributed by atoms with E-state index in [1.165, 1.54) is 23.3 Å². The Labute approximate surface area is 149 Å². The van der Waals surface area contributed by atoms with Gasteiger partial charge in [0.2, 0.25) is 0 Å². The number of hydrogen-bond donors (Lipinski definition) is 2. The van der Waals surface area contributed by atoms with Gasteiger partial charge >= 0.3 is 5.63 Å². The zero-order chi connectivity index (χ0) is 18.1. The van der Waals surface area contributed by atoms with E-state index in [0.29, 0.717) is 31.0 Å². The fourth-order valence-electron chi connectivity index (χ4n) is 3.39. The third-order valence-corrected chi connectivity index (χ3v) is 4.74. The van der Waals surface area contributed by atoms with Crippen LogP contribution in [0, 0.1) is 0 Å².